The molecule has 0 heterocycles. The van der Waals surface area contributed by atoms with Crippen molar-refractivity contribution in [3.05, 3.63) is 65.2 Å². The number of rotatable bonds is 5. The Balaban J connectivity index is 2.05. The van der Waals surface area contributed by atoms with E-state index >= 15 is 0 Å². The van der Waals surface area contributed by atoms with Crippen LogP contribution in [-0.4, -0.2) is 7.11 Å². The molecule has 0 saturated heterocycles. The summed E-state index contributed by atoms with van der Waals surface area (Å²) in [5, 5.41) is 12.4. The number of nitrogens with one attached hydrogen (secondary N) is 1. The summed E-state index contributed by atoms with van der Waals surface area (Å²) >= 11 is 0. The topological polar surface area (TPSA) is 45.0 Å². The zero-order valence-electron chi connectivity index (χ0n) is 11.8. The SMILES string of the molecule is COc1ccccc1[C@H](C)NCc1cccc(C#N)c1. The first kappa shape index (κ1) is 14.1. The zero-order valence-corrected chi connectivity index (χ0v) is 11.8. The van der Waals surface area contributed by atoms with Crippen molar-refractivity contribution in [3.8, 4) is 11.8 Å². The molecule has 3 heteroatoms. The van der Waals surface area contributed by atoms with Gasteiger partial charge in [-0.15, -0.1) is 0 Å². The van der Waals surface area contributed by atoms with Crippen LogP contribution in [0, 0.1) is 11.3 Å². The zero-order chi connectivity index (χ0) is 14.4. The Bertz CT molecular complexity index is 616. The molecule has 0 saturated carbocycles. The highest BCUT2D eigenvalue weighted by Gasteiger charge is 2.10. The number of nitriles is 1. The van der Waals surface area contributed by atoms with Crippen molar-refractivity contribution in [3.63, 3.8) is 0 Å². The van der Waals surface area contributed by atoms with E-state index in [1.54, 1.807) is 7.11 Å². The molecule has 0 aromatic heterocycles. The van der Waals surface area contributed by atoms with Gasteiger partial charge in [-0.1, -0.05) is 30.3 Å². The van der Waals surface area contributed by atoms with Crippen LogP contribution < -0.4 is 10.1 Å². The van der Waals surface area contributed by atoms with Crippen LogP contribution in [0.2, 0.25) is 0 Å². The fraction of sp³-hybridized carbons (Fsp3) is 0.235. The molecule has 20 heavy (non-hydrogen) atoms. The predicted octanol–water partition coefficient (Wildman–Crippen LogP) is 3.42. The summed E-state index contributed by atoms with van der Waals surface area (Å²) in [4.78, 5) is 0. The summed E-state index contributed by atoms with van der Waals surface area (Å²) < 4.78 is 5.37. The van der Waals surface area contributed by atoms with E-state index in [1.807, 2.05) is 42.5 Å². The highest BCUT2D eigenvalue weighted by atomic mass is 16.5. The second-order valence-electron chi connectivity index (χ2n) is 4.66. The molecular formula is C17H18N2O. The van der Waals surface area contributed by atoms with Crippen molar-refractivity contribution in [1.82, 2.24) is 5.32 Å². The third kappa shape index (κ3) is 3.37. The number of hydrogen-bond donors (Lipinski definition) is 1. The predicted molar refractivity (Wildman–Crippen MR) is 79.4 cm³/mol. The monoisotopic (exact) mass is 266 g/mol. The Morgan fingerprint density at radius 2 is 2.00 bits per heavy atom. The van der Waals surface area contributed by atoms with Gasteiger partial charge in [0.05, 0.1) is 18.7 Å². The van der Waals surface area contributed by atoms with E-state index in [0.29, 0.717) is 12.1 Å². The van der Waals surface area contributed by atoms with Gasteiger partial charge >= 0.3 is 0 Å². The van der Waals surface area contributed by atoms with E-state index in [2.05, 4.69) is 24.4 Å². The molecule has 1 atom stereocenters. The smallest absolute Gasteiger partial charge is 0.123 e. The summed E-state index contributed by atoms with van der Waals surface area (Å²) in [6.45, 7) is 2.82. The lowest BCUT2D eigenvalue weighted by Crippen LogP contribution is -2.18. The van der Waals surface area contributed by atoms with E-state index in [-0.39, 0.29) is 6.04 Å². The first-order chi connectivity index (χ1) is 9.74. The van der Waals surface area contributed by atoms with Crippen LogP contribution in [0.1, 0.15) is 29.7 Å². The second-order valence-corrected chi connectivity index (χ2v) is 4.66. The van der Waals surface area contributed by atoms with E-state index in [1.165, 1.54) is 0 Å². The molecule has 0 fully saturated rings. The summed E-state index contributed by atoms with van der Waals surface area (Å²) in [6.07, 6.45) is 0. The minimum Gasteiger partial charge on any atom is -0.496 e. The van der Waals surface area contributed by atoms with Crippen LogP contribution in [-0.2, 0) is 6.54 Å². The molecule has 0 spiro atoms. The van der Waals surface area contributed by atoms with Crippen molar-refractivity contribution < 1.29 is 4.74 Å². The molecule has 0 unspecified atom stereocenters. The maximum absolute atomic E-state index is 8.90. The first-order valence-electron chi connectivity index (χ1n) is 6.60. The Morgan fingerprint density at radius 1 is 1.20 bits per heavy atom. The van der Waals surface area contributed by atoms with Crippen molar-refractivity contribution >= 4 is 0 Å². The lowest BCUT2D eigenvalue weighted by atomic mass is 10.1. The fourth-order valence-electron chi connectivity index (χ4n) is 2.16. The van der Waals surface area contributed by atoms with Crippen molar-refractivity contribution in [2.24, 2.45) is 0 Å². The van der Waals surface area contributed by atoms with E-state index in [0.717, 1.165) is 16.9 Å². The van der Waals surface area contributed by atoms with Gasteiger partial charge in [-0.2, -0.15) is 5.26 Å². The molecule has 0 radical (unpaired) electrons. The van der Waals surface area contributed by atoms with Crippen molar-refractivity contribution in [2.45, 2.75) is 19.5 Å². The van der Waals surface area contributed by atoms with E-state index < -0.39 is 0 Å². The van der Waals surface area contributed by atoms with Gasteiger partial charge in [-0.3, -0.25) is 0 Å². The second kappa shape index (κ2) is 6.74. The third-order valence-electron chi connectivity index (χ3n) is 3.27. The number of nitrogens with zero attached hydrogens (tertiary/aromatic N) is 1. The maximum atomic E-state index is 8.90. The Hall–Kier alpha value is -2.31. The Labute approximate surface area is 119 Å². The highest BCUT2D eigenvalue weighted by Crippen LogP contribution is 2.24. The number of hydrogen-bond acceptors (Lipinski definition) is 3. The van der Waals surface area contributed by atoms with Gasteiger partial charge in [0.25, 0.3) is 0 Å². The lowest BCUT2D eigenvalue weighted by Gasteiger charge is -2.17. The van der Waals surface area contributed by atoms with Crippen LogP contribution in [0.3, 0.4) is 0 Å². The fourth-order valence-corrected chi connectivity index (χ4v) is 2.16. The van der Waals surface area contributed by atoms with Crippen LogP contribution >= 0.6 is 0 Å². The highest BCUT2D eigenvalue weighted by molar-refractivity contribution is 5.36. The number of para-hydroxylation sites is 1. The first-order valence-corrected chi connectivity index (χ1v) is 6.60. The summed E-state index contributed by atoms with van der Waals surface area (Å²) in [5.74, 6) is 0.887. The van der Waals surface area contributed by atoms with Crippen molar-refractivity contribution in [2.75, 3.05) is 7.11 Å². The molecule has 2 aromatic rings. The molecule has 0 aliphatic carbocycles. The van der Waals surface area contributed by atoms with Crippen LogP contribution in [0.4, 0.5) is 0 Å². The van der Waals surface area contributed by atoms with Gasteiger partial charge in [-0.05, 0) is 30.7 Å². The van der Waals surface area contributed by atoms with Crippen LogP contribution in [0.15, 0.2) is 48.5 Å². The van der Waals surface area contributed by atoms with Crippen LogP contribution in [0.5, 0.6) is 5.75 Å². The molecule has 1 N–H and O–H groups in total. The summed E-state index contributed by atoms with van der Waals surface area (Å²) in [7, 11) is 1.68. The summed E-state index contributed by atoms with van der Waals surface area (Å²) in [5.41, 5.74) is 2.92. The molecule has 2 aromatic carbocycles. The molecule has 0 aliphatic heterocycles. The minimum atomic E-state index is 0.178. The van der Waals surface area contributed by atoms with Gasteiger partial charge < -0.3 is 10.1 Å². The maximum Gasteiger partial charge on any atom is 0.123 e. The Morgan fingerprint density at radius 3 is 2.75 bits per heavy atom. The van der Waals surface area contributed by atoms with Crippen molar-refractivity contribution in [1.29, 1.82) is 5.26 Å². The molecule has 0 amide bonds. The van der Waals surface area contributed by atoms with E-state index in [4.69, 9.17) is 10.00 Å². The molecule has 0 bridgehead atoms. The third-order valence-corrected chi connectivity index (χ3v) is 3.27. The van der Waals surface area contributed by atoms with Gasteiger partial charge in [-0.25, -0.2) is 0 Å². The lowest BCUT2D eigenvalue weighted by molar-refractivity contribution is 0.401. The van der Waals surface area contributed by atoms with Gasteiger partial charge in [0.15, 0.2) is 0 Å². The Kier molecular flexibility index (Phi) is 4.75. The number of methoxy groups -OCH3 is 1. The van der Waals surface area contributed by atoms with Crippen LogP contribution in [0.25, 0.3) is 0 Å². The largest absolute Gasteiger partial charge is 0.496 e. The molecular weight excluding hydrogens is 248 g/mol. The quantitative estimate of drug-likeness (QED) is 0.902. The normalized spacial score (nSPS) is 11.7. The standard InChI is InChI=1S/C17H18N2O/c1-13(16-8-3-4-9-17(16)20-2)19-12-15-7-5-6-14(10-15)11-18/h3-10,13,19H,12H2,1-2H3/t13-/m0/s1. The number of ether oxygens (including phenoxy) is 1. The van der Waals surface area contributed by atoms with Gasteiger partial charge in [0.1, 0.15) is 5.75 Å². The van der Waals surface area contributed by atoms with Gasteiger partial charge in [0, 0.05) is 18.2 Å². The average molecular weight is 266 g/mol. The summed E-state index contributed by atoms with van der Waals surface area (Å²) in [6, 6.07) is 18.0. The molecule has 2 rings (SSSR count). The molecule has 3 nitrogen and oxygen atoms in total. The molecule has 102 valence electrons. The van der Waals surface area contributed by atoms with Gasteiger partial charge in [0.2, 0.25) is 0 Å². The average Bonchev–Trinajstić information content (AvgIpc) is 2.52. The molecule has 0 aliphatic rings. The minimum absolute atomic E-state index is 0.178. The number of benzene rings is 2. The van der Waals surface area contributed by atoms with E-state index in [9.17, 15) is 0 Å².